The number of hydrogen-bond donors (Lipinski definition) is 0. The van der Waals surface area contributed by atoms with E-state index in [1.807, 2.05) is 54.3 Å². The summed E-state index contributed by atoms with van der Waals surface area (Å²) in [4.78, 5) is 28.6. The van der Waals surface area contributed by atoms with Crippen molar-refractivity contribution in [3.63, 3.8) is 0 Å². The van der Waals surface area contributed by atoms with Gasteiger partial charge < -0.3 is 14.4 Å². The van der Waals surface area contributed by atoms with Crippen molar-refractivity contribution in [1.82, 2.24) is 19.9 Å². The highest BCUT2D eigenvalue weighted by Gasteiger charge is 2.27. The average Bonchev–Trinajstić information content (AvgIpc) is 3.23. The van der Waals surface area contributed by atoms with E-state index < -0.39 is 0 Å². The zero-order valence-corrected chi connectivity index (χ0v) is 18.6. The standard InChI is InChI=1S/C24H22N4O3S/c1-15-26-19-7-6-17(11-23(19)32-15)24(29)28-8-9-31-22(14-28)21-13-25-12-20(27-21)16-4-3-5-18(10-16)30-2/h3-7,10-13,22H,8-9,14H2,1-2H3/t22-/m0/s1. The Balaban J connectivity index is 1.37. The fraction of sp³-hybridized carbons (Fsp3) is 0.250. The van der Waals surface area contributed by atoms with E-state index >= 15 is 0 Å². The molecule has 2 aromatic heterocycles. The lowest BCUT2D eigenvalue weighted by Gasteiger charge is -2.32. The van der Waals surface area contributed by atoms with Crippen LogP contribution < -0.4 is 4.74 Å². The van der Waals surface area contributed by atoms with Crippen LogP contribution in [-0.4, -0.2) is 52.6 Å². The molecule has 0 spiro atoms. The lowest BCUT2D eigenvalue weighted by molar-refractivity contribution is -0.0248. The van der Waals surface area contributed by atoms with Crippen molar-refractivity contribution in [3.8, 4) is 17.0 Å². The van der Waals surface area contributed by atoms with Crippen molar-refractivity contribution in [2.24, 2.45) is 0 Å². The maximum atomic E-state index is 13.2. The van der Waals surface area contributed by atoms with Crippen molar-refractivity contribution in [2.75, 3.05) is 26.8 Å². The first-order valence-corrected chi connectivity index (χ1v) is 11.2. The number of aryl methyl sites for hydroxylation is 1. The second-order valence-corrected chi connectivity index (χ2v) is 8.82. The number of nitrogens with zero attached hydrogens (tertiary/aromatic N) is 4. The highest BCUT2D eigenvalue weighted by atomic mass is 32.1. The van der Waals surface area contributed by atoms with E-state index in [0.717, 1.165) is 32.2 Å². The molecule has 4 aromatic rings. The molecule has 1 saturated heterocycles. The third kappa shape index (κ3) is 4.06. The van der Waals surface area contributed by atoms with E-state index in [9.17, 15) is 4.79 Å². The molecule has 5 rings (SSSR count). The van der Waals surface area contributed by atoms with Gasteiger partial charge in [0, 0.05) is 17.7 Å². The number of aromatic nitrogens is 3. The van der Waals surface area contributed by atoms with Gasteiger partial charge in [-0.2, -0.15) is 0 Å². The maximum Gasteiger partial charge on any atom is 0.254 e. The molecule has 0 N–H and O–H groups in total. The second-order valence-electron chi connectivity index (χ2n) is 7.59. The Labute approximate surface area is 189 Å². The van der Waals surface area contributed by atoms with Gasteiger partial charge in [0.15, 0.2) is 0 Å². The van der Waals surface area contributed by atoms with Crippen molar-refractivity contribution in [1.29, 1.82) is 0 Å². The molecule has 0 saturated carbocycles. The maximum absolute atomic E-state index is 13.2. The number of hydrogen-bond acceptors (Lipinski definition) is 7. The minimum Gasteiger partial charge on any atom is -0.497 e. The van der Waals surface area contributed by atoms with Crippen molar-refractivity contribution in [2.45, 2.75) is 13.0 Å². The van der Waals surface area contributed by atoms with Gasteiger partial charge in [-0.1, -0.05) is 12.1 Å². The Morgan fingerprint density at radius 2 is 2.09 bits per heavy atom. The molecule has 8 heteroatoms. The molecule has 1 aliphatic heterocycles. The van der Waals surface area contributed by atoms with Crippen LogP contribution in [0.3, 0.4) is 0 Å². The number of thiazole rings is 1. The summed E-state index contributed by atoms with van der Waals surface area (Å²) in [5.74, 6) is 0.747. The van der Waals surface area contributed by atoms with Crippen LogP contribution in [0.1, 0.15) is 27.2 Å². The van der Waals surface area contributed by atoms with Gasteiger partial charge in [0.25, 0.3) is 5.91 Å². The van der Waals surface area contributed by atoms with Gasteiger partial charge in [-0.25, -0.2) is 9.97 Å². The van der Waals surface area contributed by atoms with E-state index in [2.05, 4.69) is 9.97 Å². The number of benzene rings is 2. The highest BCUT2D eigenvalue weighted by molar-refractivity contribution is 7.18. The zero-order chi connectivity index (χ0) is 22.1. The molecule has 162 valence electrons. The molecule has 1 fully saturated rings. The van der Waals surface area contributed by atoms with Gasteiger partial charge in [0.05, 0.1) is 59.3 Å². The quantitative estimate of drug-likeness (QED) is 0.466. The van der Waals surface area contributed by atoms with Crippen LogP contribution in [0.2, 0.25) is 0 Å². The van der Waals surface area contributed by atoms with Gasteiger partial charge in [-0.15, -0.1) is 11.3 Å². The van der Waals surface area contributed by atoms with Crippen LogP contribution >= 0.6 is 11.3 Å². The summed E-state index contributed by atoms with van der Waals surface area (Å²) in [7, 11) is 1.64. The van der Waals surface area contributed by atoms with Gasteiger partial charge in [-0.3, -0.25) is 9.78 Å². The number of ether oxygens (including phenoxy) is 2. The average molecular weight is 447 g/mol. The minimum atomic E-state index is -0.333. The Morgan fingerprint density at radius 3 is 2.97 bits per heavy atom. The molecule has 1 aliphatic rings. The van der Waals surface area contributed by atoms with E-state index in [1.54, 1.807) is 30.8 Å². The molecule has 2 aromatic carbocycles. The number of rotatable bonds is 4. The molecule has 0 bridgehead atoms. The predicted octanol–water partition coefficient (Wildman–Crippen LogP) is 4.28. The third-order valence-corrected chi connectivity index (χ3v) is 6.38. The lowest BCUT2D eigenvalue weighted by atomic mass is 10.1. The number of morpholine rings is 1. The van der Waals surface area contributed by atoms with Crippen LogP contribution in [-0.2, 0) is 4.74 Å². The molecule has 0 unspecified atom stereocenters. The SMILES string of the molecule is COc1cccc(-c2cncc([C@@H]3CN(C(=O)c4ccc5nc(C)sc5c4)CCO3)n2)c1. The molecule has 0 radical (unpaired) electrons. The highest BCUT2D eigenvalue weighted by Crippen LogP contribution is 2.27. The smallest absolute Gasteiger partial charge is 0.254 e. The summed E-state index contributed by atoms with van der Waals surface area (Å²) >= 11 is 1.60. The predicted molar refractivity (Wildman–Crippen MR) is 123 cm³/mol. The van der Waals surface area contributed by atoms with E-state index in [-0.39, 0.29) is 12.0 Å². The van der Waals surface area contributed by atoms with Crippen LogP contribution in [0.25, 0.3) is 21.5 Å². The number of methoxy groups -OCH3 is 1. The van der Waals surface area contributed by atoms with E-state index in [0.29, 0.717) is 31.0 Å². The Kier molecular flexibility index (Phi) is 5.55. The Bertz CT molecular complexity index is 1290. The van der Waals surface area contributed by atoms with Gasteiger partial charge in [-0.05, 0) is 37.3 Å². The number of carbonyl (C=O) groups is 1. The van der Waals surface area contributed by atoms with Crippen molar-refractivity contribution in [3.05, 3.63) is 71.1 Å². The Morgan fingerprint density at radius 1 is 1.19 bits per heavy atom. The first-order valence-electron chi connectivity index (χ1n) is 10.3. The fourth-order valence-corrected chi connectivity index (χ4v) is 4.69. The van der Waals surface area contributed by atoms with E-state index in [1.165, 1.54) is 0 Å². The summed E-state index contributed by atoms with van der Waals surface area (Å²) in [6.45, 7) is 3.38. The summed E-state index contributed by atoms with van der Waals surface area (Å²) in [6, 6.07) is 13.4. The molecule has 32 heavy (non-hydrogen) atoms. The summed E-state index contributed by atoms with van der Waals surface area (Å²) in [6.07, 6.45) is 3.09. The van der Waals surface area contributed by atoms with Gasteiger partial charge in [0.1, 0.15) is 11.9 Å². The molecule has 1 atom stereocenters. The fourth-order valence-electron chi connectivity index (χ4n) is 3.83. The van der Waals surface area contributed by atoms with E-state index in [4.69, 9.17) is 14.5 Å². The molecule has 1 amide bonds. The van der Waals surface area contributed by atoms with Crippen molar-refractivity contribution < 1.29 is 14.3 Å². The summed E-state index contributed by atoms with van der Waals surface area (Å²) in [5.41, 5.74) is 3.94. The van der Waals surface area contributed by atoms with Crippen LogP contribution in [0.5, 0.6) is 5.75 Å². The molecule has 0 aliphatic carbocycles. The monoisotopic (exact) mass is 446 g/mol. The summed E-state index contributed by atoms with van der Waals surface area (Å²) < 4.78 is 12.3. The number of amides is 1. The normalized spacial score (nSPS) is 16.3. The molecular formula is C24H22N4O3S. The molecule has 3 heterocycles. The Hall–Kier alpha value is -3.36. The van der Waals surface area contributed by atoms with Gasteiger partial charge in [0.2, 0.25) is 0 Å². The minimum absolute atomic E-state index is 0.0110. The third-order valence-electron chi connectivity index (χ3n) is 5.44. The first kappa shape index (κ1) is 20.5. The zero-order valence-electron chi connectivity index (χ0n) is 17.8. The second kappa shape index (κ2) is 8.64. The largest absolute Gasteiger partial charge is 0.497 e. The summed E-state index contributed by atoms with van der Waals surface area (Å²) in [5, 5.41) is 0.991. The lowest BCUT2D eigenvalue weighted by Crippen LogP contribution is -2.42. The number of fused-ring (bicyclic) bond motifs is 1. The van der Waals surface area contributed by atoms with Crippen LogP contribution in [0.15, 0.2) is 54.9 Å². The molecule has 7 nitrogen and oxygen atoms in total. The van der Waals surface area contributed by atoms with Crippen LogP contribution in [0, 0.1) is 6.92 Å². The number of carbonyl (C=O) groups excluding carboxylic acids is 1. The first-order chi connectivity index (χ1) is 15.6. The van der Waals surface area contributed by atoms with Crippen LogP contribution in [0.4, 0.5) is 0 Å². The van der Waals surface area contributed by atoms with Crippen molar-refractivity contribution >= 4 is 27.5 Å². The molecular weight excluding hydrogens is 424 g/mol. The van der Waals surface area contributed by atoms with Gasteiger partial charge >= 0.3 is 0 Å². The topological polar surface area (TPSA) is 77.4 Å².